The number of ether oxygens (including phenoxy) is 1. The Morgan fingerprint density at radius 1 is 1.22 bits per heavy atom. The van der Waals surface area contributed by atoms with Gasteiger partial charge in [-0.15, -0.1) is 11.3 Å². The smallest absolute Gasteiger partial charge is 0.250 e. The quantitative estimate of drug-likeness (QED) is 0.522. The Hall–Kier alpha value is -2.34. The zero-order chi connectivity index (χ0) is 19.2. The molecular weight excluding hydrogens is 403 g/mol. The molecular formula is C20H16Cl2N2O2S. The van der Waals surface area contributed by atoms with E-state index < -0.39 is 0 Å². The lowest BCUT2D eigenvalue weighted by Gasteiger charge is -2.01. The standard InChI is InChI=1S/C20H16Cl2N2O2S/c1-26-16-7-2-13(3-8-16)10-17-12-23-20(27-17)24-19(25)9-5-14-4-6-15(21)11-18(14)22/h2-9,11-12H,10H2,1H3,(H,23,24,25). The number of rotatable bonds is 6. The van der Waals surface area contributed by atoms with E-state index in [9.17, 15) is 4.79 Å². The summed E-state index contributed by atoms with van der Waals surface area (Å²) in [5, 5.41) is 4.35. The summed E-state index contributed by atoms with van der Waals surface area (Å²) in [5.41, 5.74) is 1.87. The highest BCUT2D eigenvalue weighted by molar-refractivity contribution is 7.15. The fourth-order valence-electron chi connectivity index (χ4n) is 2.34. The van der Waals surface area contributed by atoms with Crippen LogP contribution in [0.25, 0.3) is 6.08 Å². The lowest BCUT2D eigenvalue weighted by atomic mass is 10.1. The fourth-order valence-corrected chi connectivity index (χ4v) is 3.66. The van der Waals surface area contributed by atoms with E-state index in [4.69, 9.17) is 27.9 Å². The molecule has 1 N–H and O–H groups in total. The van der Waals surface area contributed by atoms with Gasteiger partial charge in [0, 0.05) is 33.6 Å². The van der Waals surface area contributed by atoms with Gasteiger partial charge < -0.3 is 4.74 Å². The van der Waals surface area contributed by atoms with Crippen molar-refractivity contribution in [2.24, 2.45) is 0 Å². The molecule has 7 heteroatoms. The molecule has 0 unspecified atom stereocenters. The third-order valence-electron chi connectivity index (χ3n) is 3.70. The first-order valence-electron chi connectivity index (χ1n) is 8.05. The maximum absolute atomic E-state index is 12.1. The molecule has 0 bridgehead atoms. The maximum atomic E-state index is 12.1. The average Bonchev–Trinajstić information content (AvgIpc) is 3.08. The van der Waals surface area contributed by atoms with E-state index in [2.05, 4.69) is 10.3 Å². The van der Waals surface area contributed by atoms with Gasteiger partial charge in [0.05, 0.1) is 7.11 Å². The van der Waals surface area contributed by atoms with Crippen molar-refractivity contribution < 1.29 is 9.53 Å². The Balaban J connectivity index is 1.59. The normalized spacial score (nSPS) is 10.9. The minimum absolute atomic E-state index is 0.272. The number of carbonyl (C=O) groups excluding carboxylic acids is 1. The first-order chi connectivity index (χ1) is 13.0. The van der Waals surface area contributed by atoms with Gasteiger partial charge in [0.2, 0.25) is 5.91 Å². The summed E-state index contributed by atoms with van der Waals surface area (Å²) in [4.78, 5) is 17.4. The third-order valence-corrected chi connectivity index (χ3v) is 5.17. The van der Waals surface area contributed by atoms with E-state index in [0.29, 0.717) is 15.2 Å². The molecule has 4 nitrogen and oxygen atoms in total. The van der Waals surface area contributed by atoms with Crippen molar-refractivity contribution in [2.45, 2.75) is 6.42 Å². The molecule has 0 atom stereocenters. The number of nitrogens with zero attached hydrogens (tertiary/aromatic N) is 1. The molecule has 138 valence electrons. The van der Waals surface area contributed by atoms with Crippen LogP contribution < -0.4 is 10.1 Å². The van der Waals surface area contributed by atoms with E-state index in [1.165, 1.54) is 17.4 Å². The summed E-state index contributed by atoms with van der Waals surface area (Å²) in [6, 6.07) is 13.0. The Bertz CT molecular complexity index is 968. The van der Waals surface area contributed by atoms with Crippen molar-refractivity contribution in [3.05, 3.63) is 80.8 Å². The number of anilines is 1. The van der Waals surface area contributed by atoms with Crippen molar-refractivity contribution >= 4 is 51.7 Å². The minimum atomic E-state index is -0.272. The SMILES string of the molecule is COc1ccc(Cc2cnc(NC(=O)C=Cc3ccc(Cl)cc3Cl)s2)cc1. The molecule has 0 aliphatic rings. The van der Waals surface area contributed by atoms with E-state index in [1.807, 2.05) is 24.3 Å². The van der Waals surface area contributed by atoms with Gasteiger partial charge in [-0.05, 0) is 41.5 Å². The highest BCUT2D eigenvalue weighted by Gasteiger charge is 2.06. The lowest BCUT2D eigenvalue weighted by Crippen LogP contribution is -2.07. The fraction of sp³-hybridized carbons (Fsp3) is 0.100. The monoisotopic (exact) mass is 418 g/mol. The summed E-state index contributed by atoms with van der Waals surface area (Å²) in [5.74, 6) is 0.551. The molecule has 0 aliphatic carbocycles. The molecule has 0 saturated heterocycles. The predicted octanol–water partition coefficient (Wildman–Crippen LogP) is 5.70. The topological polar surface area (TPSA) is 51.2 Å². The predicted molar refractivity (Wildman–Crippen MR) is 112 cm³/mol. The molecule has 27 heavy (non-hydrogen) atoms. The largest absolute Gasteiger partial charge is 0.497 e. The third kappa shape index (κ3) is 5.57. The second-order valence-electron chi connectivity index (χ2n) is 5.64. The van der Waals surface area contributed by atoms with Gasteiger partial charge in [-0.1, -0.05) is 41.4 Å². The molecule has 0 spiro atoms. The summed E-state index contributed by atoms with van der Waals surface area (Å²) in [6.45, 7) is 0. The van der Waals surface area contributed by atoms with E-state index in [1.54, 1.807) is 37.6 Å². The van der Waals surface area contributed by atoms with Crippen LogP contribution in [0.15, 0.2) is 54.7 Å². The number of nitrogens with one attached hydrogen (secondary N) is 1. The van der Waals surface area contributed by atoms with Crippen LogP contribution >= 0.6 is 34.5 Å². The lowest BCUT2D eigenvalue weighted by molar-refractivity contribution is -0.111. The van der Waals surface area contributed by atoms with Crippen LogP contribution in [0.3, 0.4) is 0 Å². The number of halogens is 2. The van der Waals surface area contributed by atoms with Crippen LogP contribution in [0.1, 0.15) is 16.0 Å². The zero-order valence-electron chi connectivity index (χ0n) is 14.4. The van der Waals surface area contributed by atoms with Crippen LogP contribution in [-0.4, -0.2) is 18.0 Å². The summed E-state index contributed by atoms with van der Waals surface area (Å²) in [6.07, 6.45) is 5.57. The number of hydrogen-bond acceptors (Lipinski definition) is 4. The highest BCUT2D eigenvalue weighted by atomic mass is 35.5. The van der Waals surface area contributed by atoms with Gasteiger partial charge in [0.25, 0.3) is 0 Å². The van der Waals surface area contributed by atoms with Crippen molar-refractivity contribution in [3.63, 3.8) is 0 Å². The Labute approximate surface area is 171 Å². The number of amides is 1. The Kier molecular flexibility index (Phi) is 6.50. The highest BCUT2D eigenvalue weighted by Crippen LogP contribution is 2.24. The number of carbonyl (C=O) groups is 1. The van der Waals surface area contributed by atoms with Crippen molar-refractivity contribution in [2.75, 3.05) is 12.4 Å². The molecule has 2 aromatic carbocycles. The molecule has 1 aromatic heterocycles. The number of methoxy groups -OCH3 is 1. The molecule has 0 radical (unpaired) electrons. The second kappa shape index (κ2) is 9.04. The number of aromatic nitrogens is 1. The van der Waals surface area contributed by atoms with Gasteiger partial charge in [0.1, 0.15) is 5.75 Å². The van der Waals surface area contributed by atoms with E-state index >= 15 is 0 Å². The van der Waals surface area contributed by atoms with Crippen LogP contribution in [-0.2, 0) is 11.2 Å². The minimum Gasteiger partial charge on any atom is -0.497 e. The number of thiazole rings is 1. The summed E-state index contributed by atoms with van der Waals surface area (Å²) in [7, 11) is 1.64. The average molecular weight is 419 g/mol. The van der Waals surface area contributed by atoms with Gasteiger partial charge in [0.15, 0.2) is 5.13 Å². The van der Waals surface area contributed by atoms with E-state index in [-0.39, 0.29) is 5.91 Å². The van der Waals surface area contributed by atoms with Gasteiger partial charge in [-0.3, -0.25) is 10.1 Å². The second-order valence-corrected chi connectivity index (χ2v) is 7.60. The van der Waals surface area contributed by atoms with Gasteiger partial charge in [-0.25, -0.2) is 4.98 Å². The summed E-state index contributed by atoms with van der Waals surface area (Å²) < 4.78 is 5.16. The molecule has 1 amide bonds. The summed E-state index contributed by atoms with van der Waals surface area (Å²) >= 11 is 13.4. The van der Waals surface area contributed by atoms with Gasteiger partial charge in [-0.2, -0.15) is 0 Å². The first-order valence-corrected chi connectivity index (χ1v) is 9.62. The maximum Gasteiger partial charge on any atom is 0.250 e. The number of benzene rings is 2. The molecule has 0 saturated carbocycles. The van der Waals surface area contributed by atoms with Crippen LogP contribution in [0.2, 0.25) is 10.0 Å². The molecule has 3 rings (SSSR count). The van der Waals surface area contributed by atoms with Crippen molar-refractivity contribution in [1.82, 2.24) is 4.98 Å². The molecule has 0 fully saturated rings. The van der Waals surface area contributed by atoms with Crippen LogP contribution in [0.4, 0.5) is 5.13 Å². The number of hydrogen-bond donors (Lipinski definition) is 1. The first kappa shape index (κ1) is 19.4. The van der Waals surface area contributed by atoms with Gasteiger partial charge >= 0.3 is 0 Å². The Morgan fingerprint density at radius 2 is 2.00 bits per heavy atom. The molecule has 3 aromatic rings. The van der Waals surface area contributed by atoms with Crippen LogP contribution in [0, 0.1) is 0 Å². The Morgan fingerprint density at radius 3 is 2.70 bits per heavy atom. The van der Waals surface area contributed by atoms with Crippen molar-refractivity contribution in [1.29, 1.82) is 0 Å². The van der Waals surface area contributed by atoms with E-state index in [0.717, 1.165) is 28.2 Å². The molecule has 0 aliphatic heterocycles. The molecule has 1 heterocycles. The van der Waals surface area contributed by atoms with Crippen LogP contribution in [0.5, 0.6) is 5.75 Å². The zero-order valence-corrected chi connectivity index (χ0v) is 16.7. The van der Waals surface area contributed by atoms with Crippen molar-refractivity contribution in [3.8, 4) is 5.75 Å².